The maximum Gasteiger partial charge on any atom is 0.326 e. The van der Waals surface area contributed by atoms with E-state index >= 15 is 0 Å². The summed E-state index contributed by atoms with van der Waals surface area (Å²) < 4.78 is 31.0. The van der Waals surface area contributed by atoms with Gasteiger partial charge in [0.1, 0.15) is 11.9 Å². The van der Waals surface area contributed by atoms with Crippen LogP contribution in [0.25, 0.3) is 0 Å². The first-order valence-electron chi connectivity index (χ1n) is 12.0. The molecule has 0 unspecified atom stereocenters. The molecule has 1 aromatic heterocycles. The van der Waals surface area contributed by atoms with Gasteiger partial charge in [-0.2, -0.15) is 0 Å². The lowest BCUT2D eigenvalue weighted by Gasteiger charge is -2.35. The Morgan fingerprint density at radius 3 is 2.82 bits per heavy atom. The number of halogens is 2. The number of anilines is 1. The number of alkyl halides is 2. The van der Waals surface area contributed by atoms with Crippen molar-refractivity contribution in [2.45, 2.75) is 83.3 Å². The SMILES string of the molecule is CC[C@@H](CC(F)F)C(=O)N[C@@H](CCOC1CC(CCc2ccc3c(n2)NCCC3)C1)C(=O)O. The highest BCUT2D eigenvalue weighted by molar-refractivity contribution is 5.84. The molecule has 1 aliphatic carbocycles. The summed E-state index contributed by atoms with van der Waals surface area (Å²) >= 11 is 0. The summed E-state index contributed by atoms with van der Waals surface area (Å²) in [6.07, 6.45) is 3.34. The molecule has 1 saturated carbocycles. The number of hydrogen-bond acceptors (Lipinski definition) is 5. The van der Waals surface area contributed by atoms with Crippen LogP contribution in [0, 0.1) is 11.8 Å². The number of nitrogens with zero attached hydrogens (tertiary/aromatic N) is 1. The van der Waals surface area contributed by atoms with Crippen molar-refractivity contribution in [1.29, 1.82) is 0 Å². The van der Waals surface area contributed by atoms with Gasteiger partial charge in [-0.25, -0.2) is 18.6 Å². The number of hydrogen-bond donors (Lipinski definition) is 3. The van der Waals surface area contributed by atoms with E-state index in [0.29, 0.717) is 5.92 Å². The zero-order valence-corrected chi connectivity index (χ0v) is 19.2. The number of carbonyl (C=O) groups excluding carboxylic acids is 1. The molecule has 33 heavy (non-hydrogen) atoms. The van der Waals surface area contributed by atoms with Crippen LogP contribution in [0.3, 0.4) is 0 Å². The van der Waals surface area contributed by atoms with E-state index in [1.165, 1.54) is 5.56 Å². The van der Waals surface area contributed by atoms with Gasteiger partial charge in [0.2, 0.25) is 12.3 Å². The Bertz CT molecular complexity index is 802. The number of pyridine rings is 1. The van der Waals surface area contributed by atoms with E-state index in [-0.39, 0.29) is 25.6 Å². The fourth-order valence-electron chi connectivity index (χ4n) is 4.48. The van der Waals surface area contributed by atoms with Gasteiger partial charge in [-0.1, -0.05) is 13.0 Å². The minimum atomic E-state index is -2.60. The van der Waals surface area contributed by atoms with Gasteiger partial charge in [-0.3, -0.25) is 4.79 Å². The third-order valence-electron chi connectivity index (χ3n) is 6.65. The highest BCUT2D eigenvalue weighted by atomic mass is 19.3. The number of aliphatic carboxylic acids is 1. The van der Waals surface area contributed by atoms with E-state index in [2.05, 4.69) is 22.8 Å². The van der Waals surface area contributed by atoms with Crippen molar-refractivity contribution in [3.8, 4) is 0 Å². The van der Waals surface area contributed by atoms with Gasteiger partial charge in [0.15, 0.2) is 0 Å². The number of fused-ring (bicyclic) bond motifs is 1. The molecule has 3 N–H and O–H groups in total. The molecule has 0 radical (unpaired) electrons. The number of carbonyl (C=O) groups is 2. The van der Waals surface area contributed by atoms with Gasteiger partial charge in [-0.15, -0.1) is 0 Å². The second-order valence-electron chi connectivity index (χ2n) is 9.13. The zero-order chi connectivity index (χ0) is 23.8. The number of amides is 1. The average Bonchev–Trinajstić information content (AvgIpc) is 2.76. The number of carboxylic acids is 1. The van der Waals surface area contributed by atoms with Crippen molar-refractivity contribution < 1.29 is 28.2 Å². The second-order valence-corrected chi connectivity index (χ2v) is 9.13. The fraction of sp³-hybridized carbons (Fsp3) is 0.708. The van der Waals surface area contributed by atoms with Crippen molar-refractivity contribution in [2.75, 3.05) is 18.5 Å². The predicted molar refractivity (Wildman–Crippen MR) is 120 cm³/mol. The Morgan fingerprint density at radius 2 is 2.12 bits per heavy atom. The predicted octanol–water partition coefficient (Wildman–Crippen LogP) is 3.81. The highest BCUT2D eigenvalue weighted by Crippen LogP contribution is 2.34. The number of aromatic nitrogens is 1. The molecule has 0 aromatic carbocycles. The van der Waals surface area contributed by atoms with Crippen LogP contribution in [0.5, 0.6) is 0 Å². The summed E-state index contributed by atoms with van der Waals surface area (Å²) in [5.41, 5.74) is 2.39. The van der Waals surface area contributed by atoms with E-state index in [4.69, 9.17) is 9.72 Å². The molecule has 9 heteroatoms. The molecule has 1 fully saturated rings. The van der Waals surface area contributed by atoms with Gasteiger partial charge < -0.3 is 20.5 Å². The number of aryl methyl sites for hydroxylation is 2. The van der Waals surface area contributed by atoms with E-state index in [9.17, 15) is 23.5 Å². The lowest BCUT2D eigenvalue weighted by atomic mass is 9.79. The standard InChI is InChI=1S/C24H35F2N3O4/c1-2-16(14-21(25)26)23(30)29-20(24(31)32)9-11-33-19-12-15(13-19)5-7-18-8-6-17-4-3-10-27-22(17)28-18/h6,8,15-16,19-21H,2-5,7,9-14H2,1H3,(H,27,28)(H,29,30)(H,31,32)/t15?,16-,19?,20-/m0/s1. The van der Waals surface area contributed by atoms with E-state index in [1.54, 1.807) is 6.92 Å². The molecule has 1 amide bonds. The molecule has 1 aromatic rings. The molecule has 0 saturated heterocycles. The van der Waals surface area contributed by atoms with E-state index < -0.39 is 36.7 Å². The Kier molecular flexibility index (Phi) is 9.41. The van der Waals surface area contributed by atoms with Crippen LogP contribution in [-0.2, 0) is 27.2 Å². The fourth-order valence-corrected chi connectivity index (χ4v) is 4.48. The maximum absolute atomic E-state index is 12.6. The highest BCUT2D eigenvalue weighted by Gasteiger charge is 2.31. The van der Waals surface area contributed by atoms with Crippen LogP contribution in [0.15, 0.2) is 12.1 Å². The van der Waals surface area contributed by atoms with Crippen LogP contribution in [0.2, 0.25) is 0 Å². The molecule has 0 bridgehead atoms. The maximum atomic E-state index is 12.6. The normalized spacial score (nSPS) is 21.5. The van der Waals surface area contributed by atoms with E-state index in [1.807, 2.05) is 0 Å². The molecule has 1 aliphatic heterocycles. The topological polar surface area (TPSA) is 101 Å². The van der Waals surface area contributed by atoms with Gasteiger partial charge in [0.05, 0.1) is 6.10 Å². The summed E-state index contributed by atoms with van der Waals surface area (Å²) in [7, 11) is 0. The van der Waals surface area contributed by atoms with Gasteiger partial charge >= 0.3 is 5.97 Å². The van der Waals surface area contributed by atoms with Crippen molar-refractivity contribution in [1.82, 2.24) is 10.3 Å². The first-order valence-corrected chi connectivity index (χ1v) is 12.0. The molecular formula is C24H35F2N3O4. The average molecular weight is 468 g/mol. The summed E-state index contributed by atoms with van der Waals surface area (Å²) in [6, 6.07) is 3.15. The quantitative estimate of drug-likeness (QED) is 0.408. The molecule has 3 rings (SSSR count). The van der Waals surface area contributed by atoms with E-state index in [0.717, 1.165) is 56.6 Å². The van der Waals surface area contributed by atoms with Crippen LogP contribution >= 0.6 is 0 Å². The van der Waals surface area contributed by atoms with Crippen molar-refractivity contribution in [2.24, 2.45) is 11.8 Å². The molecule has 2 heterocycles. The smallest absolute Gasteiger partial charge is 0.326 e. The number of nitrogens with one attached hydrogen (secondary N) is 2. The lowest BCUT2D eigenvalue weighted by Crippen LogP contribution is -2.45. The van der Waals surface area contributed by atoms with Crippen LogP contribution in [-0.4, -0.2) is 53.7 Å². The second kappa shape index (κ2) is 12.3. The zero-order valence-electron chi connectivity index (χ0n) is 19.2. The monoisotopic (exact) mass is 467 g/mol. The minimum Gasteiger partial charge on any atom is -0.480 e. The minimum absolute atomic E-state index is 0.0977. The van der Waals surface area contributed by atoms with Crippen LogP contribution < -0.4 is 10.6 Å². The molecule has 2 atom stereocenters. The molecule has 0 spiro atoms. The van der Waals surface area contributed by atoms with Gasteiger partial charge in [0, 0.05) is 37.6 Å². The number of ether oxygens (including phenoxy) is 1. The summed E-state index contributed by atoms with van der Waals surface area (Å²) in [5.74, 6) is -1.12. The third kappa shape index (κ3) is 7.62. The molecule has 2 aliphatic rings. The largest absolute Gasteiger partial charge is 0.480 e. The summed E-state index contributed by atoms with van der Waals surface area (Å²) in [5, 5.41) is 15.1. The van der Waals surface area contributed by atoms with Crippen molar-refractivity contribution in [3.05, 3.63) is 23.4 Å². The third-order valence-corrected chi connectivity index (χ3v) is 6.65. The van der Waals surface area contributed by atoms with Gasteiger partial charge in [-0.05, 0) is 62.5 Å². The summed E-state index contributed by atoms with van der Waals surface area (Å²) in [6.45, 7) is 2.82. The number of carboxylic acid groups (broad SMARTS) is 1. The van der Waals surface area contributed by atoms with Crippen LogP contribution in [0.1, 0.15) is 63.1 Å². The Morgan fingerprint density at radius 1 is 1.33 bits per heavy atom. The Labute approximate surface area is 193 Å². The first kappa shape index (κ1) is 25.3. The lowest BCUT2D eigenvalue weighted by molar-refractivity contribution is -0.143. The molecule has 7 nitrogen and oxygen atoms in total. The van der Waals surface area contributed by atoms with Crippen molar-refractivity contribution in [3.63, 3.8) is 0 Å². The molecule has 184 valence electrons. The van der Waals surface area contributed by atoms with Gasteiger partial charge in [0.25, 0.3) is 0 Å². The summed E-state index contributed by atoms with van der Waals surface area (Å²) in [4.78, 5) is 28.3. The first-order chi connectivity index (χ1) is 15.9. The number of rotatable bonds is 13. The Hall–Kier alpha value is -2.29. The molecular weight excluding hydrogens is 432 g/mol. The van der Waals surface area contributed by atoms with Crippen molar-refractivity contribution >= 4 is 17.7 Å². The van der Waals surface area contributed by atoms with Crippen LogP contribution in [0.4, 0.5) is 14.6 Å². The Balaban J connectivity index is 1.33.